The molecule has 17 heavy (non-hydrogen) atoms. The molecule has 4 heteroatoms. The SMILES string of the molecule is C=C(C=CC)C(=C)c1c(N)ncnc1NCC. The molecule has 0 saturated heterocycles. The average Bonchev–Trinajstić information content (AvgIpc) is 2.29. The van der Waals surface area contributed by atoms with E-state index in [-0.39, 0.29) is 0 Å². The zero-order chi connectivity index (χ0) is 12.8. The van der Waals surface area contributed by atoms with Gasteiger partial charge in [-0.1, -0.05) is 25.3 Å². The highest BCUT2D eigenvalue weighted by Crippen LogP contribution is 2.29. The summed E-state index contributed by atoms with van der Waals surface area (Å²) >= 11 is 0. The van der Waals surface area contributed by atoms with Crippen molar-refractivity contribution >= 4 is 17.2 Å². The fourth-order valence-electron chi connectivity index (χ4n) is 1.46. The zero-order valence-electron chi connectivity index (χ0n) is 10.3. The fourth-order valence-corrected chi connectivity index (χ4v) is 1.46. The molecule has 0 unspecified atom stereocenters. The van der Waals surface area contributed by atoms with Crippen LogP contribution in [0, 0.1) is 0 Å². The van der Waals surface area contributed by atoms with E-state index in [1.807, 2.05) is 26.0 Å². The lowest BCUT2D eigenvalue weighted by Gasteiger charge is -2.13. The minimum absolute atomic E-state index is 0.409. The number of hydrogen-bond acceptors (Lipinski definition) is 4. The van der Waals surface area contributed by atoms with E-state index in [0.717, 1.165) is 23.3 Å². The van der Waals surface area contributed by atoms with Gasteiger partial charge in [0.2, 0.25) is 0 Å². The first kappa shape index (κ1) is 13.0. The van der Waals surface area contributed by atoms with E-state index in [0.29, 0.717) is 11.6 Å². The van der Waals surface area contributed by atoms with Gasteiger partial charge in [0.25, 0.3) is 0 Å². The number of rotatable bonds is 5. The van der Waals surface area contributed by atoms with Crippen molar-refractivity contribution in [2.45, 2.75) is 13.8 Å². The maximum Gasteiger partial charge on any atom is 0.139 e. The van der Waals surface area contributed by atoms with Gasteiger partial charge in [-0.25, -0.2) is 9.97 Å². The molecular formula is C13H18N4. The first-order chi connectivity index (χ1) is 8.11. The highest BCUT2D eigenvalue weighted by molar-refractivity contribution is 5.89. The first-order valence-electron chi connectivity index (χ1n) is 5.47. The maximum atomic E-state index is 5.87. The minimum Gasteiger partial charge on any atom is -0.383 e. The number of nitrogens with two attached hydrogens (primary N) is 1. The highest BCUT2D eigenvalue weighted by atomic mass is 15.0. The Labute approximate surface area is 102 Å². The van der Waals surface area contributed by atoms with Gasteiger partial charge in [0.1, 0.15) is 18.0 Å². The lowest BCUT2D eigenvalue weighted by Crippen LogP contribution is -2.07. The summed E-state index contributed by atoms with van der Waals surface area (Å²) in [6.45, 7) is 12.6. The van der Waals surface area contributed by atoms with E-state index in [1.54, 1.807) is 0 Å². The quantitative estimate of drug-likeness (QED) is 0.763. The molecular weight excluding hydrogens is 212 g/mol. The summed E-state index contributed by atoms with van der Waals surface area (Å²) in [5.41, 5.74) is 8.12. The summed E-state index contributed by atoms with van der Waals surface area (Å²) in [7, 11) is 0. The van der Waals surface area contributed by atoms with Crippen molar-refractivity contribution in [3.63, 3.8) is 0 Å². The van der Waals surface area contributed by atoms with Crippen LogP contribution < -0.4 is 11.1 Å². The molecule has 0 saturated carbocycles. The largest absolute Gasteiger partial charge is 0.383 e. The summed E-state index contributed by atoms with van der Waals surface area (Å²) in [4.78, 5) is 8.15. The Morgan fingerprint density at radius 1 is 1.47 bits per heavy atom. The highest BCUT2D eigenvalue weighted by Gasteiger charge is 2.13. The molecule has 0 aliphatic heterocycles. The molecule has 0 amide bonds. The van der Waals surface area contributed by atoms with Crippen LogP contribution in [-0.2, 0) is 0 Å². The van der Waals surface area contributed by atoms with Crippen LogP contribution in [0.1, 0.15) is 19.4 Å². The van der Waals surface area contributed by atoms with Crippen LogP contribution >= 0.6 is 0 Å². The molecule has 90 valence electrons. The van der Waals surface area contributed by atoms with Crippen LogP contribution in [0.4, 0.5) is 11.6 Å². The van der Waals surface area contributed by atoms with E-state index in [1.165, 1.54) is 6.33 Å². The fraction of sp³-hybridized carbons (Fsp3) is 0.231. The second-order valence-corrected chi connectivity index (χ2v) is 3.52. The van der Waals surface area contributed by atoms with Crippen molar-refractivity contribution in [1.82, 2.24) is 9.97 Å². The number of anilines is 2. The molecule has 0 aromatic carbocycles. The molecule has 1 rings (SSSR count). The molecule has 0 aliphatic carbocycles. The third kappa shape index (κ3) is 2.93. The molecule has 0 bridgehead atoms. The Morgan fingerprint density at radius 3 is 2.76 bits per heavy atom. The monoisotopic (exact) mass is 230 g/mol. The van der Waals surface area contributed by atoms with Crippen molar-refractivity contribution in [2.24, 2.45) is 0 Å². The Morgan fingerprint density at radius 2 is 2.18 bits per heavy atom. The minimum atomic E-state index is 0.409. The molecule has 0 aliphatic rings. The molecule has 4 nitrogen and oxygen atoms in total. The number of nitrogen functional groups attached to an aromatic ring is 1. The molecule has 0 atom stereocenters. The van der Waals surface area contributed by atoms with Crippen LogP contribution in [0.5, 0.6) is 0 Å². The number of nitrogens with zero attached hydrogens (tertiary/aromatic N) is 2. The third-order valence-corrected chi connectivity index (χ3v) is 2.28. The van der Waals surface area contributed by atoms with Crippen LogP contribution in [0.3, 0.4) is 0 Å². The molecule has 1 aromatic rings. The van der Waals surface area contributed by atoms with E-state index in [9.17, 15) is 0 Å². The van der Waals surface area contributed by atoms with Gasteiger partial charge in [-0.2, -0.15) is 0 Å². The topological polar surface area (TPSA) is 63.8 Å². The molecule has 1 heterocycles. The summed E-state index contributed by atoms with van der Waals surface area (Å²) in [6, 6.07) is 0. The smallest absolute Gasteiger partial charge is 0.139 e. The van der Waals surface area contributed by atoms with E-state index < -0.39 is 0 Å². The maximum absolute atomic E-state index is 5.87. The van der Waals surface area contributed by atoms with Crippen molar-refractivity contribution in [1.29, 1.82) is 0 Å². The van der Waals surface area contributed by atoms with Gasteiger partial charge >= 0.3 is 0 Å². The van der Waals surface area contributed by atoms with Crippen molar-refractivity contribution in [2.75, 3.05) is 17.6 Å². The van der Waals surface area contributed by atoms with Crippen LogP contribution in [0.15, 0.2) is 37.2 Å². The van der Waals surface area contributed by atoms with E-state index in [4.69, 9.17) is 5.73 Å². The van der Waals surface area contributed by atoms with Gasteiger partial charge in [0.05, 0.1) is 5.56 Å². The number of allylic oxidation sites excluding steroid dienone is 4. The Kier molecular flexibility index (Phi) is 4.46. The van der Waals surface area contributed by atoms with Gasteiger partial charge in [-0.15, -0.1) is 0 Å². The average molecular weight is 230 g/mol. The predicted molar refractivity (Wildman–Crippen MR) is 73.6 cm³/mol. The first-order valence-corrected chi connectivity index (χ1v) is 5.47. The summed E-state index contributed by atoms with van der Waals surface area (Å²) in [6.07, 6.45) is 5.22. The molecule has 0 spiro atoms. The number of nitrogens with one attached hydrogen (secondary N) is 1. The van der Waals surface area contributed by atoms with Gasteiger partial charge < -0.3 is 11.1 Å². The van der Waals surface area contributed by atoms with Crippen LogP contribution in [0.2, 0.25) is 0 Å². The number of hydrogen-bond donors (Lipinski definition) is 2. The van der Waals surface area contributed by atoms with Gasteiger partial charge in [-0.05, 0) is 25.0 Å². The Hall–Kier alpha value is -2.10. The van der Waals surface area contributed by atoms with Crippen molar-refractivity contribution < 1.29 is 0 Å². The second kappa shape index (κ2) is 5.84. The van der Waals surface area contributed by atoms with E-state index in [2.05, 4.69) is 28.4 Å². The van der Waals surface area contributed by atoms with E-state index >= 15 is 0 Å². The van der Waals surface area contributed by atoms with Crippen LogP contribution in [0.25, 0.3) is 5.57 Å². The number of aromatic nitrogens is 2. The molecule has 0 radical (unpaired) electrons. The zero-order valence-corrected chi connectivity index (χ0v) is 10.3. The van der Waals surface area contributed by atoms with Gasteiger partial charge in [0.15, 0.2) is 0 Å². The molecule has 3 N–H and O–H groups in total. The van der Waals surface area contributed by atoms with Gasteiger partial charge in [0, 0.05) is 6.54 Å². The predicted octanol–water partition coefficient (Wildman–Crippen LogP) is 2.64. The molecule has 0 fully saturated rings. The Bertz CT molecular complexity index is 460. The van der Waals surface area contributed by atoms with Crippen LogP contribution in [-0.4, -0.2) is 16.5 Å². The summed E-state index contributed by atoms with van der Waals surface area (Å²) in [5, 5.41) is 3.14. The summed E-state index contributed by atoms with van der Waals surface area (Å²) in [5.74, 6) is 1.10. The van der Waals surface area contributed by atoms with Crippen molar-refractivity contribution in [3.8, 4) is 0 Å². The lowest BCUT2D eigenvalue weighted by molar-refractivity contribution is 1.11. The normalized spacial score (nSPS) is 10.5. The second-order valence-electron chi connectivity index (χ2n) is 3.52. The summed E-state index contributed by atoms with van der Waals surface area (Å²) < 4.78 is 0. The van der Waals surface area contributed by atoms with Gasteiger partial charge in [-0.3, -0.25) is 0 Å². The third-order valence-electron chi connectivity index (χ3n) is 2.28. The standard InChI is InChI=1S/C13H18N4/c1-5-7-9(3)10(4)11-12(14)16-8-17-13(11)15-6-2/h5,7-8H,3-4,6H2,1-2H3,(H3,14,15,16,17). The molecule has 1 aromatic heterocycles. The Balaban J connectivity index is 3.19. The lowest BCUT2D eigenvalue weighted by atomic mass is 10.0. The van der Waals surface area contributed by atoms with Crippen molar-refractivity contribution in [3.05, 3.63) is 42.8 Å².